The number of rotatable bonds is 4. The zero-order valence-corrected chi connectivity index (χ0v) is 13.7. The maximum absolute atomic E-state index is 2.77. The summed E-state index contributed by atoms with van der Waals surface area (Å²) in [7, 11) is 3.16. The number of nitrogens with zero attached hydrogens (tertiary/aromatic N) is 2. The van der Waals surface area contributed by atoms with Crippen molar-refractivity contribution >= 4 is 31.7 Å². The van der Waals surface area contributed by atoms with E-state index in [0.29, 0.717) is 0 Å². The van der Waals surface area contributed by atoms with Crippen LogP contribution in [0.15, 0.2) is 0 Å². The largest absolute Gasteiger partial charge is 0.263 e. The fraction of sp³-hybridized carbons (Fsp3) is 1.00. The quantitative estimate of drug-likeness (QED) is 0.776. The topological polar surface area (TPSA) is 6.48 Å². The van der Waals surface area contributed by atoms with Crippen LogP contribution in [0.3, 0.4) is 0 Å². The molecule has 0 saturated heterocycles. The molecule has 0 aromatic heterocycles. The maximum atomic E-state index is 2.77. The predicted molar refractivity (Wildman–Crippen MR) is 81.2 cm³/mol. The molecule has 0 aromatic carbocycles. The minimum absolute atomic E-state index is 0.138. The second kappa shape index (κ2) is 4.87. The van der Waals surface area contributed by atoms with Crippen LogP contribution in [0.1, 0.15) is 0 Å². The van der Waals surface area contributed by atoms with Gasteiger partial charge in [0.2, 0.25) is 0 Å². The first-order valence-corrected chi connectivity index (χ1v) is 11.9. The van der Waals surface area contributed by atoms with E-state index in [4.69, 9.17) is 0 Å². The molecule has 0 bridgehead atoms. The monoisotopic (exact) mass is 260 g/mol. The molecular formula is C9H28N2S3. The number of thiol groups is 1. The molecule has 0 aromatic rings. The Morgan fingerprint density at radius 2 is 1.07 bits per heavy atom. The molecule has 0 N–H and O–H groups in total. The van der Waals surface area contributed by atoms with Crippen molar-refractivity contribution in [2.45, 2.75) is 0 Å². The molecular weight excluding hydrogens is 232 g/mol. The van der Waals surface area contributed by atoms with Gasteiger partial charge in [-0.2, -0.15) is 23.5 Å². The van der Waals surface area contributed by atoms with Crippen molar-refractivity contribution in [2.75, 3.05) is 57.9 Å². The molecule has 2 nitrogen and oxygen atoms in total. The molecule has 5 heteroatoms. The van der Waals surface area contributed by atoms with E-state index in [1.54, 1.807) is 0 Å². The van der Waals surface area contributed by atoms with Gasteiger partial charge in [0, 0.05) is 0 Å². The van der Waals surface area contributed by atoms with E-state index in [9.17, 15) is 0 Å². The van der Waals surface area contributed by atoms with Gasteiger partial charge in [-0.3, -0.25) is 4.31 Å². The van der Waals surface area contributed by atoms with Gasteiger partial charge in [0.25, 0.3) is 0 Å². The highest BCUT2D eigenvalue weighted by molar-refractivity contribution is 8.52. The Hall–Kier alpha value is 0.970. The summed E-state index contributed by atoms with van der Waals surface area (Å²) < 4.78 is 5.14. The van der Waals surface area contributed by atoms with Gasteiger partial charge in [-0.15, -0.1) is 11.3 Å². The van der Waals surface area contributed by atoms with Crippen LogP contribution in [0, 0.1) is 0 Å². The second-order valence-corrected chi connectivity index (χ2v) is 15.9. The third kappa shape index (κ3) is 4.23. The van der Waals surface area contributed by atoms with Crippen LogP contribution < -0.4 is 0 Å². The van der Waals surface area contributed by atoms with Crippen molar-refractivity contribution in [1.29, 1.82) is 0 Å². The Morgan fingerprint density at radius 1 is 0.786 bits per heavy atom. The maximum Gasteiger partial charge on any atom is -0.00341 e. The van der Waals surface area contributed by atoms with E-state index in [1.165, 1.54) is 0 Å². The highest BCUT2D eigenvalue weighted by atomic mass is 32.4. The Balaban J connectivity index is 4.94. The highest BCUT2D eigenvalue weighted by Crippen LogP contribution is 2.65. The van der Waals surface area contributed by atoms with Gasteiger partial charge in [-0.1, -0.05) is 0 Å². The van der Waals surface area contributed by atoms with Gasteiger partial charge in [-0.25, -0.2) is 0 Å². The van der Waals surface area contributed by atoms with Crippen molar-refractivity contribution in [3.8, 4) is 0 Å². The zero-order chi connectivity index (χ0) is 11.7. The zero-order valence-electron chi connectivity index (χ0n) is 11.2. The summed E-state index contributed by atoms with van der Waals surface area (Å²) in [4.78, 5) is 0. The van der Waals surface area contributed by atoms with Crippen molar-refractivity contribution in [1.82, 2.24) is 7.42 Å². The first kappa shape index (κ1) is 15.0. The lowest BCUT2D eigenvalue weighted by Gasteiger charge is -2.56. The summed E-state index contributed by atoms with van der Waals surface area (Å²) in [6.45, 7) is 0. The average Bonchev–Trinajstić information content (AvgIpc) is 1.79. The normalized spacial score (nSPS) is 20.1. The summed E-state index contributed by atoms with van der Waals surface area (Å²) in [5, 5.41) is 0. The second-order valence-electron chi connectivity index (χ2n) is 5.12. The molecule has 0 spiro atoms. The first-order valence-electron chi connectivity index (χ1n) is 4.56. The van der Waals surface area contributed by atoms with E-state index in [0.717, 1.165) is 0 Å². The minimum Gasteiger partial charge on any atom is -0.263 e. The van der Waals surface area contributed by atoms with Crippen LogP contribution in [0.25, 0.3) is 0 Å². The molecule has 0 aliphatic carbocycles. The molecule has 0 saturated carbocycles. The van der Waals surface area contributed by atoms with Crippen molar-refractivity contribution < 1.29 is 0 Å². The molecule has 0 rings (SSSR count). The molecule has 14 heavy (non-hydrogen) atoms. The summed E-state index contributed by atoms with van der Waals surface area (Å²) in [6.07, 6.45) is 16.7. The lowest BCUT2D eigenvalue weighted by molar-refractivity contribution is 0.681. The lowest BCUT2D eigenvalue weighted by Crippen LogP contribution is -2.30. The highest BCUT2D eigenvalue weighted by Gasteiger charge is 2.29. The van der Waals surface area contributed by atoms with Crippen LogP contribution >= 0.6 is 31.7 Å². The first-order chi connectivity index (χ1) is 5.98. The van der Waals surface area contributed by atoms with Crippen LogP contribution in [-0.2, 0) is 0 Å². The Labute approximate surface area is 96.9 Å². The smallest absolute Gasteiger partial charge is 0.00341 e. The van der Waals surface area contributed by atoms with Crippen LogP contribution in [0.5, 0.6) is 0 Å². The fourth-order valence-electron chi connectivity index (χ4n) is 1.53. The Kier molecular flexibility index (Phi) is 5.21. The van der Waals surface area contributed by atoms with Crippen LogP contribution in [0.4, 0.5) is 0 Å². The van der Waals surface area contributed by atoms with E-state index >= 15 is 0 Å². The van der Waals surface area contributed by atoms with Gasteiger partial charge in [0.05, 0.1) is 0 Å². The van der Waals surface area contributed by atoms with Crippen LogP contribution in [0.2, 0.25) is 0 Å². The van der Waals surface area contributed by atoms with E-state index in [1.807, 2.05) is 0 Å². The third-order valence-electron chi connectivity index (χ3n) is 1.75. The van der Waals surface area contributed by atoms with Gasteiger partial charge in [0.15, 0.2) is 0 Å². The average molecular weight is 261 g/mol. The molecule has 0 amide bonds. The third-order valence-corrected chi connectivity index (χ3v) is 12.3. The minimum atomic E-state index is -0.609. The van der Waals surface area contributed by atoms with Gasteiger partial charge in [-0.05, 0) is 57.9 Å². The number of hydrogen-bond donors (Lipinski definition) is 1. The molecule has 0 fully saturated rings. The Bertz CT molecular complexity index is 167. The van der Waals surface area contributed by atoms with Crippen LogP contribution in [-0.4, -0.2) is 65.3 Å². The van der Waals surface area contributed by atoms with Gasteiger partial charge < -0.3 is 0 Å². The predicted octanol–water partition coefficient (Wildman–Crippen LogP) is 2.53. The molecule has 0 aliphatic rings. The molecule has 0 radical (unpaired) electrons. The molecule has 0 heterocycles. The number of hydrogen-bond acceptors (Lipinski definition) is 2. The summed E-state index contributed by atoms with van der Waals surface area (Å²) in [6, 6.07) is 0. The fourth-order valence-corrected chi connectivity index (χ4v) is 13.7. The van der Waals surface area contributed by atoms with Crippen molar-refractivity contribution in [2.24, 2.45) is 0 Å². The SMILES string of the molecule is CN(C)[SH](C)N(S(C)(C)C)S(C)(C)C. The standard InChI is InChI=1S/C9H28N2S3/c1-10(2)12(3)11(13(4,5)6)14(7,8)9/h12H,1-9H3. The van der Waals surface area contributed by atoms with E-state index in [2.05, 4.69) is 65.3 Å². The Morgan fingerprint density at radius 3 is 1.14 bits per heavy atom. The molecule has 0 aliphatic heterocycles. The van der Waals surface area contributed by atoms with Gasteiger partial charge in [0.1, 0.15) is 0 Å². The lowest BCUT2D eigenvalue weighted by atomic mass is 11.3. The summed E-state index contributed by atoms with van der Waals surface area (Å²) in [5.41, 5.74) is 0. The van der Waals surface area contributed by atoms with E-state index < -0.39 is 20.4 Å². The van der Waals surface area contributed by atoms with Crippen molar-refractivity contribution in [3.05, 3.63) is 0 Å². The van der Waals surface area contributed by atoms with E-state index in [-0.39, 0.29) is 11.3 Å². The van der Waals surface area contributed by atoms with Crippen molar-refractivity contribution in [3.63, 3.8) is 0 Å². The summed E-state index contributed by atoms with van der Waals surface area (Å²) in [5.74, 6) is 0. The molecule has 92 valence electrons. The summed E-state index contributed by atoms with van der Waals surface area (Å²) >= 11 is -0.138. The molecule has 1 atom stereocenters. The van der Waals surface area contributed by atoms with Gasteiger partial charge >= 0.3 is 0 Å². The molecule has 1 unspecified atom stereocenters.